The van der Waals surface area contributed by atoms with Gasteiger partial charge >= 0.3 is 18.2 Å². The van der Waals surface area contributed by atoms with E-state index in [0.29, 0.717) is 16.0 Å². The molecule has 0 saturated carbocycles. The van der Waals surface area contributed by atoms with E-state index >= 15 is 0 Å². The van der Waals surface area contributed by atoms with Gasteiger partial charge in [-0.25, -0.2) is 14.4 Å². The maximum absolute atomic E-state index is 12.8. The van der Waals surface area contributed by atoms with Crippen molar-refractivity contribution in [1.82, 2.24) is 4.90 Å². The maximum atomic E-state index is 12.8. The Labute approximate surface area is 179 Å². The zero-order valence-electron chi connectivity index (χ0n) is 17.1. The van der Waals surface area contributed by atoms with Gasteiger partial charge in [0.1, 0.15) is 19.3 Å². The second-order valence-electron chi connectivity index (χ2n) is 6.49. The molecule has 9 nitrogen and oxygen atoms in total. The number of imide groups is 1. The van der Waals surface area contributed by atoms with Crippen LogP contribution >= 0.6 is 0 Å². The van der Waals surface area contributed by atoms with Crippen LogP contribution in [0.5, 0.6) is 0 Å². The van der Waals surface area contributed by atoms with Gasteiger partial charge in [0.05, 0.1) is 7.11 Å². The second kappa shape index (κ2) is 12.0. The van der Waals surface area contributed by atoms with Crippen molar-refractivity contribution in [3.63, 3.8) is 0 Å². The summed E-state index contributed by atoms with van der Waals surface area (Å²) in [6.07, 6.45) is -2.71. The number of esters is 1. The van der Waals surface area contributed by atoms with Crippen molar-refractivity contribution in [3.05, 3.63) is 71.8 Å². The van der Waals surface area contributed by atoms with E-state index in [1.165, 1.54) is 0 Å². The molecular formula is C22H24N2O7. The topological polar surface area (TPSA) is 125 Å². The number of nitrogens with two attached hydrogens (primary N) is 1. The van der Waals surface area contributed by atoms with Gasteiger partial charge in [0.2, 0.25) is 5.91 Å². The second-order valence-corrected chi connectivity index (χ2v) is 6.49. The van der Waals surface area contributed by atoms with Gasteiger partial charge in [-0.2, -0.15) is 4.90 Å². The molecule has 164 valence electrons. The number of ether oxygens (including phenoxy) is 3. The van der Waals surface area contributed by atoms with Crippen LogP contribution in [0.25, 0.3) is 0 Å². The van der Waals surface area contributed by atoms with E-state index in [9.17, 15) is 19.2 Å². The van der Waals surface area contributed by atoms with Crippen molar-refractivity contribution in [2.24, 2.45) is 5.73 Å². The predicted octanol–water partition coefficient (Wildman–Crippen LogP) is 2.77. The van der Waals surface area contributed by atoms with E-state index in [0.717, 1.165) is 7.11 Å². The summed E-state index contributed by atoms with van der Waals surface area (Å²) in [7, 11) is 1.10. The molecule has 0 spiro atoms. The van der Waals surface area contributed by atoms with Gasteiger partial charge in [-0.3, -0.25) is 4.79 Å². The SMILES string of the molecule is COC(=O)[C@H](CCC(N)=O)N(C(=O)OCc1ccccc1)C(=O)OCc1ccccc1. The molecule has 0 aliphatic rings. The van der Waals surface area contributed by atoms with Crippen LogP contribution in [0.15, 0.2) is 60.7 Å². The molecule has 0 fully saturated rings. The molecular weight excluding hydrogens is 404 g/mol. The van der Waals surface area contributed by atoms with Gasteiger partial charge in [-0.05, 0) is 17.5 Å². The lowest BCUT2D eigenvalue weighted by molar-refractivity contribution is -0.146. The zero-order valence-corrected chi connectivity index (χ0v) is 17.1. The lowest BCUT2D eigenvalue weighted by atomic mass is 10.1. The van der Waals surface area contributed by atoms with E-state index in [1.807, 2.05) is 0 Å². The molecule has 0 aliphatic heterocycles. The Morgan fingerprint density at radius 3 is 1.68 bits per heavy atom. The number of amides is 3. The summed E-state index contributed by atoms with van der Waals surface area (Å²) < 4.78 is 15.1. The number of carbonyl (C=O) groups excluding carboxylic acids is 4. The highest BCUT2D eigenvalue weighted by molar-refractivity contribution is 5.94. The highest BCUT2D eigenvalue weighted by Gasteiger charge is 2.38. The third kappa shape index (κ3) is 7.46. The Hall–Kier alpha value is -3.88. The lowest BCUT2D eigenvalue weighted by Crippen LogP contribution is -2.49. The van der Waals surface area contributed by atoms with Crippen molar-refractivity contribution in [2.75, 3.05) is 7.11 Å². The Balaban J connectivity index is 2.20. The number of primary amides is 1. The highest BCUT2D eigenvalue weighted by atomic mass is 16.6. The molecule has 1 atom stereocenters. The summed E-state index contributed by atoms with van der Waals surface area (Å²) in [5, 5.41) is 0. The summed E-state index contributed by atoms with van der Waals surface area (Å²) in [5.41, 5.74) is 6.52. The van der Waals surface area contributed by atoms with Gasteiger partial charge in [0.25, 0.3) is 0 Å². The fourth-order valence-corrected chi connectivity index (χ4v) is 2.67. The van der Waals surface area contributed by atoms with Crippen LogP contribution in [0, 0.1) is 0 Å². The summed E-state index contributed by atoms with van der Waals surface area (Å²) >= 11 is 0. The van der Waals surface area contributed by atoms with Crippen molar-refractivity contribution in [3.8, 4) is 0 Å². The first-order chi connectivity index (χ1) is 14.9. The van der Waals surface area contributed by atoms with Crippen LogP contribution in [-0.2, 0) is 37.0 Å². The molecule has 2 N–H and O–H groups in total. The summed E-state index contributed by atoms with van der Waals surface area (Å²) in [4.78, 5) is 49.5. The largest absolute Gasteiger partial charge is 0.467 e. The summed E-state index contributed by atoms with van der Waals surface area (Å²) in [6.45, 7) is -0.266. The van der Waals surface area contributed by atoms with Crippen LogP contribution in [0.2, 0.25) is 0 Å². The predicted molar refractivity (Wildman–Crippen MR) is 109 cm³/mol. The van der Waals surface area contributed by atoms with Gasteiger partial charge in [-0.15, -0.1) is 0 Å². The van der Waals surface area contributed by atoms with Crippen LogP contribution in [-0.4, -0.2) is 42.1 Å². The molecule has 0 unspecified atom stereocenters. The standard InChI is InChI=1S/C22H24N2O7/c1-29-20(26)18(12-13-19(23)25)24(21(27)30-14-16-8-4-2-5-9-16)22(28)31-15-17-10-6-3-7-11-17/h2-11,18H,12-15H2,1H3,(H2,23,25)/t18-/m0/s1. The minimum atomic E-state index is -1.44. The molecule has 0 radical (unpaired) electrons. The fraction of sp³-hybridized carbons (Fsp3) is 0.273. The molecule has 0 bridgehead atoms. The Bertz CT molecular complexity index is 832. The van der Waals surface area contributed by atoms with Crippen molar-refractivity contribution >= 4 is 24.1 Å². The number of hydrogen-bond acceptors (Lipinski definition) is 7. The van der Waals surface area contributed by atoms with E-state index < -0.39 is 30.1 Å². The number of benzene rings is 2. The van der Waals surface area contributed by atoms with Crippen LogP contribution in [0.4, 0.5) is 9.59 Å². The monoisotopic (exact) mass is 428 g/mol. The molecule has 9 heteroatoms. The summed E-state index contributed by atoms with van der Waals surface area (Å²) in [6, 6.07) is 16.1. The lowest BCUT2D eigenvalue weighted by Gasteiger charge is -2.26. The maximum Gasteiger partial charge on any atom is 0.420 e. The van der Waals surface area contributed by atoms with E-state index in [2.05, 4.69) is 0 Å². The summed E-state index contributed by atoms with van der Waals surface area (Å²) in [5.74, 6) is -1.61. The van der Waals surface area contributed by atoms with Gasteiger partial charge in [0.15, 0.2) is 0 Å². The molecule has 2 rings (SSSR count). The number of hydrogen-bond donors (Lipinski definition) is 1. The van der Waals surface area contributed by atoms with Crippen molar-refractivity contribution in [1.29, 1.82) is 0 Å². The van der Waals surface area contributed by atoms with E-state index in [4.69, 9.17) is 19.9 Å². The molecule has 0 aliphatic carbocycles. The van der Waals surface area contributed by atoms with Crippen molar-refractivity contribution in [2.45, 2.75) is 32.1 Å². The number of methoxy groups -OCH3 is 1. The molecule has 2 aromatic rings. The zero-order chi connectivity index (χ0) is 22.6. The quantitative estimate of drug-likeness (QED) is 0.481. The fourth-order valence-electron chi connectivity index (χ4n) is 2.67. The molecule has 0 saturated heterocycles. The normalized spacial score (nSPS) is 11.1. The van der Waals surface area contributed by atoms with Crippen LogP contribution in [0.3, 0.4) is 0 Å². The first kappa shape index (κ1) is 23.4. The minimum absolute atomic E-state index is 0.133. The molecule has 3 amide bonds. The van der Waals surface area contributed by atoms with Crippen LogP contribution < -0.4 is 5.73 Å². The average molecular weight is 428 g/mol. The van der Waals surface area contributed by atoms with Gasteiger partial charge < -0.3 is 19.9 Å². The third-order valence-electron chi connectivity index (χ3n) is 4.25. The molecule has 2 aromatic carbocycles. The van der Waals surface area contributed by atoms with Crippen molar-refractivity contribution < 1.29 is 33.4 Å². The molecule has 0 heterocycles. The smallest absolute Gasteiger partial charge is 0.420 e. The Morgan fingerprint density at radius 1 is 0.839 bits per heavy atom. The molecule has 31 heavy (non-hydrogen) atoms. The highest BCUT2D eigenvalue weighted by Crippen LogP contribution is 2.15. The molecule has 0 aromatic heterocycles. The minimum Gasteiger partial charge on any atom is -0.467 e. The van der Waals surface area contributed by atoms with E-state index in [1.54, 1.807) is 60.7 Å². The number of nitrogens with zero attached hydrogens (tertiary/aromatic N) is 1. The number of rotatable bonds is 9. The first-order valence-corrected chi connectivity index (χ1v) is 9.49. The van der Waals surface area contributed by atoms with Gasteiger partial charge in [0, 0.05) is 6.42 Å². The Morgan fingerprint density at radius 2 is 1.29 bits per heavy atom. The number of carbonyl (C=O) groups is 4. The van der Waals surface area contributed by atoms with Crippen LogP contribution in [0.1, 0.15) is 24.0 Å². The van der Waals surface area contributed by atoms with Gasteiger partial charge in [-0.1, -0.05) is 60.7 Å². The Kier molecular flexibility index (Phi) is 9.03. The first-order valence-electron chi connectivity index (χ1n) is 9.49. The van der Waals surface area contributed by atoms with E-state index in [-0.39, 0.29) is 26.1 Å². The average Bonchev–Trinajstić information content (AvgIpc) is 2.79. The third-order valence-corrected chi connectivity index (χ3v) is 4.25.